The zero-order valence-electron chi connectivity index (χ0n) is 12.7. The molecule has 126 valence electrons. The highest BCUT2D eigenvalue weighted by atomic mass is 32.2. The minimum Gasteiger partial charge on any atom is -0.325 e. The summed E-state index contributed by atoms with van der Waals surface area (Å²) in [7, 11) is -3.74. The zero-order chi connectivity index (χ0) is 17.6. The monoisotopic (exact) mass is 372 g/mol. The molecule has 3 aromatic rings. The molecule has 1 unspecified atom stereocenters. The van der Waals surface area contributed by atoms with Crippen molar-refractivity contribution in [3.8, 4) is 0 Å². The molecule has 9 heteroatoms. The van der Waals surface area contributed by atoms with Gasteiger partial charge in [-0.1, -0.05) is 0 Å². The highest BCUT2D eigenvalue weighted by Gasteiger charge is 2.31. The second-order valence-electron chi connectivity index (χ2n) is 5.51. The van der Waals surface area contributed by atoms with E-state index in [-0.39, 0.29) is 10.8 Å². The average molecular weight is 372 g/mol. The Kier molecular flexibility index (Phi) is 3.64. The standard InChI is InChI=1S/C16H12N4O3S2/c17-25(22,23)10-3-1-9(2-4-10)18-7-11-14-12(20-16(11)21)5-6-13-15(14)24-8-19-13/h1-8,11H,(H,20,21)(H2,17,22,23). The van der Waals surface area contributed by atoms with Gasteiger partial charge in [-0.3, -0.25) is 9.79 Å². The fourth-order valence-corrected chi connectivity index (χ4v) is 4.13. The van der Waals surface area contributed by atoms with Crippen LogP contribution >= 0.6 is 11.3 Å². The number of aromatic nitrogens is 1. The molecule has 0 bridgehead atoms. The molecule has 1 aliphatic rings. The summed E-state index contributed by atoms with van der Waals surface area (Å²) in [6, 6.07) is 9.55. The van der Waals surface area contributed by atoms with Gasteiger partial charge in [0.25, 0.3) is 0 Å². The predicted octanol–water partition coefficient (Wildman–Crippen LogP) is 2.38. The van der Waals surface area contributed by atoms with E-state index >= 15 is 0 Å². The third-order valence-corrected chi connectivity index (χ3v) is 5.73. The molecule has 2 aromatic carbocycles. The van der Waals surface area contributed by atoms with E-state index in [1.165, 1.54) is 35.6 Å². The number of hydrogen-bond donors (Lipinski definition) is 2. The predicted molar refractivity (Wildman–Crippen MR) is 97.0 cm³/mol. The summed E-state index contributed by atoms with van der Waals surface area (Å²) in [5, 5.41) is 7.92. The average Bonchev–Trinajstić information content (AvgIpc) is 3.15. The first-order valence-corrected chi connectivity index (χ1v) is 9.70. The van der Waals surface area contributed by atoms with Crippen LogP contribution in [0.2, 0.25) is 0 Å². The van der Waals surface area contributed by atoms with Gasteiger partial charge in [0.1, 0.15) is 5.92 Å². The summed E-state index contributed by atoms with van der Waals surface area (Å²) in [4.78, 5) is 20.9. The molecule has 0 saturated heterocycles. The summed E-state index contributed by atoms with van der Waals surface area (Å²) >= 11 is 1.48. The number of primary sulfonamides is 1. The van der Waals surface area contributed by atoms with Gasteiger partial charge < -0.3 is 5.32 Å². The quantitative estimate of drug-likeness (QED) is 0.687. The molecule has 2 heterocycles. The lowest BCUT2D eigenvalue weighted by Gasteiger charge is -2.04. The van der Waals surface area contributed by atoms with E-state index in [0.717, 1.165) is 21.5 Å². The summed E-state index contributed by atoms with van der Waals surface area (Å²) in [6.07, 6.45) is 1.56. The van der Waals surface area contributed by atoms with Crippen molar-refractivity contribution in [3.05, 3.63) is 47.5 Å². The third kappa shape index (κ3) is 2.82. The number of sulfonamides is 1. The molecule has 1 atom stereocenters. The molecule has 25 heavy (non-hydrogen) atoms. The van der Waals surface area contributed by atoms with Crippen molar-refractivity contribution in [2.75, 3.05) is 5.32 Å². The van der Waals surface area contributed by atoms with Crippen LogP contribution in [-0.4, -0.2) is 25.5 Å². The number of carbonyl (C=O) groups is 1. The number of fused-ring (bicyclic) bond motifs is 3. The van der Waals surface area contributed by atoms with E-state index in [2.05, 4.69) is 15.3 Å². The molecule has 3 N–H and O–H groups in total. The number of hydrogen-bond acceptors (Lipinski definition) is 6. The highest BCUT2D eigenvalue weighted by Crippen LogP contribution is 2.39. The van der Waals surface area contributed by atoms with Crippen LogP contribution in [0.1, 0.15) is 11.5 Å². The second kappa shape index (κ2) is 5.73. The number of anilines is 1. The van der Waals surface area contributed by atoms with Gasteiger partial charge in [0.2, 0.25) is 15.9 Å². The lowest BCUT2D eigenvalue weighted by atomic mass is 10.0. The first-order valence-electron chi connectivity index (χ1n) is 7.27. The van der Waals surface area contributed by atoms with Crippen molar-refractivity contribution < 1.29 is 13.2 Å². The van der Waals surface area contributed by atoms with Crippen molar-refractivity contribution >= 4 is 55.1 Å². The summed E-state index contributed by atoms with van der Waals surface area (Å²) < 4.78 is 23.5. The molecule has 0 saturated carbocycles. The van der Waals surface area contributed by atoms with Crippen LogP contribution in [0.4, 0.5) is 11.4 Å². The molecule has 0 radical (unpaired) electrons. The fourth-order valence-electron chi connectivity index (χ4n) is 2.73. The van der Waals surface area contributed by atoms with Crippen molar-refractivity contribution in [1.29, 1.82) is 0 Å². The summed E-state index contributed by atoms with van der Waals surface area (Å²) in [5.41, 5.74) is 4.76. The number of amides is 1. The van der Waals surface area contributed by atoms with Crippen LogP contribution < -0.4 is 10.5 Å². The molecule has 4 rings (SSSR count). The Morgan fingerprint density at radius 1 is 1.20 bits per heavy atom. The molecule has 1 aliphatic heterocycles. The maximum absolute atomic E-state index is 12.3. The molecule has 0 aliphatic carbocycles. The van der Waals surface area contributed by atoms with E-state index in [0.29, 0.717) is 5.69 Å². The SMILES string of the molecule is NS(=O)(=O)c1ccc(N=CC2C(=O)Nc3ccc4ncsc4c32)cc1. The highest BCUT2D eigenvalue weighted by molar-refractivity contribution is 7.89. The van der Waals surface area contributed by atoms with E-state index in [4.69, 9.17) is 5.14 Å². The molecular weight excluding hydrogens is 360 g/mol. The lowest BCUT2D eigenvalue weighted by Crippen LogP contribution is -2.13. The molecule has 1 amide bonds. The van der Waals surface area contributed by atoms with Gasteiger partial charge in [0, 0.05) is 17.5 Å². The number of benzene rings is 2. The number of rotatable bonds is 3. The number of nitrogens with two attached hydrogens (primary N) is 1. The lowest BCUT2D eigenvalue weighted by molar-refractivity contribution is -0.115. The second-order valence-corrected chi connectivity index (χ2v) is 7.93. The Labute approximate surface area is 147 Å². The molecule has 0 spiro atoms. The molecule has 7 nitrogen and oxygen atoms in total. The number of thiazole rings is 1. The van der Waals surface area contributed by atoms with Crippen molar-refractivity contribution in [3.63, 3.8) is 0 Å². The topological polar surface area (TPSA) is 115 Å². The minimum absolute atomic E-state index is 0.0155. The van der Waals surface area contributed by atoms with Crippen LogP contribution in [0.15, 0.2) is 51.8 Å². The van der Waals surface area contributed by atoms with Crippen molar-refractivity contribution in [2.24, 2.45) is 10.1 Å². The van der Waals surface area contributed by atoms with Gasteiger partial charge in [-0.15, -0.1) is 11.3 Å². The third-order valence-electron chi connectivity index (χ3n) is 3.93. The number of carbonyl (C=O) groups excluding carboxylic acids is 1. The number of aliphatic imine (C=N–C) groups is 1. The van der Waals surface area contributed by atoms with Crippen LogP contribution in [-0.2, 0) is 14.8 Å². The van der Waals surface area contributed by atoms with E-state index in [1.54, 1.807) is 11.7 Å². The summed E-state index contributed by atoms with van der Waals surface area (Å²) in [5.74, 6) is -0.669. The Bertz CT molecular complexity index is 1120. The first kappa shape index (κ1) is 15.9. The van der Waals surface area contributed by atoms with Crippen LogP contribution in [0.5, 0.6) is 0 Å². The van der Waals surface area contributed by atoms with Crippen LogP contribution in [0.3, 0.4) is 0 Å². The van der Waals surface area contributed by atoms with E-state index in [9.17, 15) is 13.2 Å². The van der Waals surface area contributed by atoms with Gasteiger partial charge in [-0.05, 0) is 36.4 Å². The molecule has 0 fully saturated rings. The smallest absolute Gasteiger partial charge is 0.238 e. The Balaban J connectivity index is 1.69. The normalized spacial score (nSPS) is 17.2. The van der Waals surface area contributed by atoms with Gasteiger partial charge >= 0.3 is 0 Å². The maximum Gasteiger partial charge on any atom is 0.238 e. The van der Waals surface area contributed by atoms with Crippen LogP contribution in [0.25, 0.3) is 10.2 Å². The van der Waals surface area contributed by atoms with E-state index < -0.39 is 15.9 Å². The fraction of sp³-hybridized carbons (Fsp3) is 0.0625. The maximum atomic E-state index is 12.3. The summed E-state index contributed by atoms with van der Waals surface area (Å²) in [6.45, 7) is 0. The van der Waals surface area contributed by atoms with Crippen LogP contribution in [0, 0.1) is 0 Å². The first-order chi connectivity index (χ1) is 11.9. The largest absolute Gasteiger partial charge is 0.325 e. The Hall–Kier alpha value is -2.62. The van der Waals surface area contributed by atoms with Crippen molar-refractivity contribution in [1.82, 2.24) is 4.98 Å². The van der Waals surface area contributed by atoms with E-state index in [1.807, 2.05) is 12.1 Å². The zero-order valence-corrected chi connectivity index (χ0v) is 14.3. The molecular formula is C16H12N4O3S2. The minimum atomic E-state index is -3.74. The number of nitrogens with one attached hydrogen (secondary N) is 1. The van der Waals surface area contributed by atoms with Gasteiger partial charge in [0.05, 0.1) is 26.3 Å². The molecule has 1 aromatic heterocycles. The van der Waals surface area contributed by atoms with Crippen molar-refractivity contribution in [2.45, 2.75) is 10.8 Å². The Morgan fingerprint density at radius 3 is 2.68 bits per heavy atom. The van der Waals surface area contributed by atoms with Gasteiger partial charge in [-0.25, -0.2) is 18.5 Å². The number of nitrogens with zero attached hydrogens (tertiary/aromatic N) is 2. The van der Waals surface area contributed by atoms with Gasteiger partial charge in [0.15, 0.2) is 0 Å². The Morgan fingerprint density at radius 2 is 1.96 bits per heavy atom. The van der Waals surface area contributed by atoms with Gasteiger partial charge in [-0.2, -0.15) is 0 Å².